The van der Waals surface area contributed by atoms with Crippen LogP contribution in [0.5, 0.6) is 0 Å². The third-order valence-corrected chi connectivity index (χ3v) is 2.99. The molecule has 0 saturated heterocycles. The Hall–Kier alpha value is -1.40. The van der Waals surface area contributed by atoms with Crippen molar-refractivity contribution in [3.8, 4) is 0 Å². The molecule has 0 aromatic carbocycles. The average Bonchev–Trinajstić information content (AvgIpc) is 2.75. The third kappa shape index (κ3) is 2.16. The van der Waals surface area contributed by atoms with Crippen LogP contribution in [0.4, 0.5) is 5.95 Å². The van der Waals surface area contributed by atoms with Gasteiger partial charge in [-0.1, -0.05) is 11.6 Å². The molecule has 2 heterocycles. The number of anilines is 1. The van der Waals surface area contributed by atoms with Crippen molar-refractivity contribution in [1.82, 2.24) is 15.2 Å². The standard InChI is InChI=1S/C8H7ClN4OS/c1-4-10-8(13-12-4)11-7(14)6-5(9)2-3-15-6/h2-3H,1H3,(H2,10,11,12,13,14). The molecule has 7 heteroatoms. The van der Waals surface area contributed by atoms with Crippen molar-refractivity contribution in [3.05, 3.63) is 27.2 Å². The number of aromatic nitrogens is 3. The molecule has 0 radical (unpaired) electrons. The lowest BCUT2D eigenvalue weighted by Gasteiger charge is -1.97. The molecule has 0 atom stereocenters. The van der Waals surface area contributed by atoms with Gasteiger partial charge in [0, 0.05) is 0 Å². The number of aromatic amines is 1. The molecule has 2 N–H and O–H groups in total. The molecule has 0 aliphatic heterocycles. The van der Waals surface area contributed by atoms with Gasteiger partial charge in [0.25, 0.3) is 5.91 Å². The van der Waals surface area contributed by atoms with Crippen LogP contribution in [0.15, 0.2) is 11.4 Å². The quantitative estimate of drug-likeness (QED) is 0.847. The predicted octanol–water partition coefficient (Wildman–Crippen LogP) is 2.08. The van der Waals surface area contributed by atoms with Crippen LogP contribution < -0.4 is 5.32 Å². The van der Waals surface area contributed by atoms with Gasteiger partial charge in [0.15, 0.2) is 0 Å². The van der Waals surface area contributed by atoms with Gasteiger partial charge in [0.1, 0.15) is 10.7 Å². The van der Waals surface area contributed by atoms with E-state index in [0.29, 0.717) is 15.7 Å². The zero-order chi connectivity index (χ0) is 10.8. The highest BCUT2D eigenvalue weighted by Crippen LogP contribution is 2.22. The molecular weight excluding hydrogens is 236 g/mol. The SMILES string of the molecule is Cc1nc(NC(=O)c2sccc2Cl)n[nH]1. The second-order valence-corrected chi connectivity index (χ2v) is 4.12. The molecule has 0 unspecified atom stereocenters. The van der Waals surface area contributed by atoms with Crippen molar-refractivity contribution >= 4 is 34.8 Å². The summed E-state index contributed by atoms with van der Waals surface area (Å²) in [5, 5.41) is 11.1. The first-order valence-corrected chi connectivity index (χ1v) is 5.36. The minimum absolute atomic E-state index is 0.252. The number of rotatable bonds is 2. The number of hydrogen-bond donors (Lipinski definition) is 2. The lowest BCUT2D eigenvalue weighted by atomic mass is 10.4. The first-order valence-electron chi connectivity index (χ1n) is 4.10. The molecule has 1 amide bonds. The highest BCUT2D eigenvalue weighted by atomic mass is 35.5. The van der Waals surface area contributed by atoms with Crippen molar-refractivity contribution in [2.45, 2.75) is 6.92 Å². The zero-order valence-corrected chi connectivity index (χ0v) is 9.32. The monoisotopic (exact) mass is 242 g/mol. The van der Waals surface area contributed by atoms with E-state index in [1.54, 1.807) is 18.4 Å². The van der Waals surface area contributed by atoms with Crippen molar-refractivity contribution in [2.24, 2.45) is 0 Å². The van der Waals surface area contributed by atoms with Crippen molar-refractivity contribution < 1.29 is 4.79 Å². The van der Waals surface area contributed by atoms with Gasteiger partial charge in [-0.05, 0) is 18.4 Å². The number of hydrogen-bond acceptors (Lipinski definition) is 4. The Morgan fingerprint density at radius 3 is 3.00 bits per heavy atom. The minimum Gasteiger partial charge on any atom is -0.288 e. The lowest BCUT2D eigenvalue weighted by molar-refractivity contribution is 0.103. The van der Waals surface area contributed by atoms with E-state index < -0.39 is 0 Å². The summed E-state index contributed by atoms with van der Waals surface area (Å²) in [5.41, 5.74) is 0. The Kier molecular flexibility index (Phi) is 2.70. The van der Waals surface area contributed by atoms with E-state index in [-0.39, 0.29) is 11.9 Å². The summed E-state index contributed by atoms with van der Waals surface area (Å²) >= 11 is 7.08. The summed E-state index contributed by atoms with van der Waals surface area (Å²) in [6.07, 6.45) is 0. The molecular formula is C8H7ClN4OS. The fraction of sp³-hybridized carbons (Fsp3) is 0.125. The van der Waals surface area contributed by atoms with E-state index in [2.05, 4.69) is 20.5 Å². The zero-order valence-electron chi connectivity index (χ0n) is 7.74. The van der Waals surface area contributed by atoms with E-state index in [1.807, 2.05) is 0 Å². The van der Waals surface area contributed by atoms with Crippen LogP contribution in [0.2, 0.25) is 5.02 Å². The third-order valence-electron chi connectivity index (χ3n) is 1.65. The largest absolute Gasteiger partial charge is 0.288 e. The van der Waals surface area contributed by atoms with Crippen molar-refractivity contribution in [2.75, 3.05) is 5.32 Å². The first kappa shape index (κ1) is 10.1. The van der Waals surface area contributed by atoms with Crippen LogP contribution in [0.25, 0.3) is 0 Å². The molecule has 2 rings (SSSR count). The fourth-order valence-corrected chi connectivity index (χ4v) is 2.05. The highest BCUT2D eigenvalue weighted by molar-refractivity contribution is 7.12. The molecule has 0 saturated carbocycles. The first-order chi connectivity index (χ1) is 7.16. The van der Waals surface area contributed by atoms with Gasteiger partial charge in [0.2, 0.25) is 5.95 Å². The number of carbonyl (C=O) groups excluding carboxylic acids is 1. The summed E-state index contributed by atoms with van der Waals surface area (Å²) in [5.74, 6) is 0.596. The molecule has 0 aliphatic rings. The van der Waals surface area contributed by atoms with Gasteiger partial charge in [-0.15, -0.1) is 16.4 Å². The Morgan fingerprint density at radius 1 is 1.67 bits per heavy atom. The maximum Gasteiger partial charge on any atom is 0.269 e. The van der Waals surface area contributed by atoms with Crippen LogP contribution in [-0.4, -0.2) is 21.1 Å². The Balaban J connectivity index is 2.14. The molecule has 2 aromatic heterocycles. The summed E-state index contributed by atoms with van der Waals surface area (Å²) in [7, 11) is 0. The van der Waals surface area contributed by atoms with Gasteiger partial charge < -0.3 is 0 Å². The van der Waals surface area contributed by atoms with Gasteiger partial charge in [-0.2, -0.15) is 4.98 Å². The molecule has 0 bridgehead atoms. The van der Waals surface area contributed by atoms with E-state index in [9.17, 15) is 4.79 Å². The van der Waals surface area contributed by atoms with Crippen molar-refractivity contribution in [1.29, 1.82) is 0 Å². The van der Waals surface area contributed by atoms with Crippen LogP contribution in [0.1, 0.15) is 15.5 Å². The number of nitrogens with one attached hydrogen (secondary N) is 2. The van der Waals surface area contributed by atoms with E-state index in [0.717, 1.165) is 0 Å². The predicted molar refractivity (Wildman–Crippen MR) is 58.4 cm³/mol. The van der Waals surface area contributed by atoms with E-state index in [4.69, 9.17) is 11.6 Å². The number of aryl methyl sites for hydroxylation is 1. The number of halogens is 1. The van der Waals surface area contributed by atoms with Crippen LogP contribution in [-0.2, 0) is 0 Å². The van der Waals surface area contributed by atoms with Crippen LogP contribution in [0, 0.1) is 6.92 Å². The molecule has 0 aliphatic carbocycles. The number of thiophene rings is 1. The van der Waals surface area contributed by atoms with Crippen LogP contribution in [0.3, 0.4) is 0 Å². The summed E-state index contributed by atoms with van der Waals surface area (Å²) < 4.78 is 0. The highest BCUT2D eigenvalue weighted by Gasteiger charge is 2.13. The Morgan fingerprint density at radius 2 is 2.47 bits per heavy atom. The number of amides is 1. The normalized spacial score (nSPS) is 10.3. The van der Waals surface area contributed by atoms with Gasteiger partial charge in [-0.25, -0.2) is 0 Å². The molecule has 2 aromatic rings. The molecule has 0 spiro atoms. The van der Waals surface area contributed by atoms with Gasteiger partial charge >= 0.3 is 0 Å². The molecule has 5 nitrogen and oxygen atoms in total. The molecule has 78 valence electrons. The topological polar surface area (TPSA) is 70.7 Å². The summed E-state index contributed by atoms with van der Waals surface area (Å²) in [6.45, 7) is 1.75. The maximum absolute atomic E-state index is 11.6. The maximum atomic E-state index is 11.6. The second kappa shape index (κ2) is 4.00. The molecule has 0 fully saturated rings. The lowest BCUT2D eigenvalue weighted by Crippen LogP contribution is -2.11. The van der Waals surface area contributed by atoms with Gasteiger partial charge in [-0.3, -0.25) is 15.2 Å². The summed E-state index contributed by atoms with van der Waals surface area (Å²) in [6, 6.07) is 1.67. The Labute approximate surface area is 94.5 Å². The molecule has 15 heavy (non-hydrogen) atoms. The van der Waals surface area contributed by atoms with Crippen LogP contribution >= 0.6 is 22.9 Å². The number of nitrogens with zero attached hydrogens (tertiary/aromatic N) is 2. The van der Waals surface area contributed by atoms with E-state index >= 15 is 0 Å². The average molecular weight is 243 g/mol. The fourth-order valence-electron chi connectivity index (χ4n) is 1.01. The second-order valence-electron chi connectivity index (χ2n) is 2.80. The number of H-pyrrole nitrogens is 1. The van der Waals surface area contributed by atoms with Crippen molar-refractivity contribution in [3.63, 3.8) is 0 Å². The Bertz CT molecular complexity index is 492. The summed E-state index contributed by atoms with van der Waals surface area (Å²) in [4.78, 5) is 16.0. The van der Waals surface area contributed by atoms with Gasteiger partial charge in [0.05, 0.1) is 5.02 Å². The number of carbonyl (C=O) groups is 1. The minimum atomic E-state index is -0.297. The van der Waals surface area contributed by atoms with E-state index in [1.165, 1.54) is 11.3 Å². The smallest absolute Gasteiger partial charge is 0.269 e.